The SMILES string of the molecule is C=CCN(Cc1ccc(Cl)s1)S(=O)(=O)c1ccc(NC(C)=O)cc1. The van der Waals surface area contributed by atoms with Gasteiger partial charge in [0, 0.05) is 30.6 Å². The average Bonchev–Trinajstić information content (AvgIpc) is 2.92. The number of carbonyl (C=O) groups excluding carboxylic acids is 1. The van der Waals surface area contributed by atoms with E-state index in [1.165, 1.54) is 34.7 Å². The van der Waals surface area contributed by atoms with E-state index in [0.29, 0.717) is 10.0 Å². The number of nitrogens with zero attached hydrogens (tertiary/aromatic N) is 1. The third kappa shape index (κ3) is 4.67. The molecule has 128 valence electrons. The number of sulfonamides is 1. The van der Waals surface area contributed by atoms with Crippen molar-refractivity contribution in [3.05, 3.63) is 58.3 Å². The van der Waals surface area contributed by atoms with Crippen LogP contribution in [0.4, 0.5) is 5.69 Å². The molecule has 8 heteroatoms. The summed E-state index contributed by atoms with van der Waals surface area (Å²) in [5.41, 5.74) is 0.543. The van der Waals surface area contributed by atoms with E-state index in [-0.39, 0.29) is 23.9 Å². The van der Waals surface area contributed by atoms with E-state index in [1.54, 1.807) is 30.3 Å². The standard InChI is InChI=1S/C16H17ClN2O3S2/c1-3-10-19(11-14-6-9-16(17)23-14)24(21,22)15-7-4-13(5-8-15)18-12(2)20/h3-9H,1,10-11H2,2H3,(H,18,20). The maximum absolute atomic E-state index is 12.8. The average molecular weight is 385 g/mol. The van der Waals surface area contributed by atoms with Crippen LogP contribution in [0.5, 0.6) is 0 Å². The Morgan fingerprint density at radius 1 is 1.29 bits per heavy atom. The molecule has 1 heterocycles. The van der Waals surface area contributed by atoms with E-state index in [2.05, 4.69) is 11.9 Å². The minimum absolute atomic E-state index is 0.154. The van der Waals surface area contributed by atoms with Gasteiger partial charge in [0.1, 0.15) is 0 Å². The van der Waals surface area contributed by atoms with Crippen molar-refractivity contribution in [2.24, 2.45) is 0 Å². The van der Waals surface area contributed by atoms with Crippen molar-refractivity contribution in [2.75, 3.05) is 11.9 Å². The Hall–Kier alpha value is -1.67. The van der Waals surface area contributed by atoms with Crippen LogP contribution in [-0.4, -0.2) is 25.2 Å². The fourth-order valence-corrected chi connectivity index (χ4v) is 4.64. The monoisotopic (exact) mass is 384 g/mol. The first kappa shape index (κ1) is 18.7. The maximum Gasteiger partial charge on any atom is 0.243 e. The second-order valence-corrected chi connectivity index (χ2v) is 8.74. The molecule has 0 unspecified atom stereocenters. The first-order chi connectivity index (χ1) is 11.3. The van der Waals surface area contributed by atoms with Gasteiger partial charge < -0.3 is 5.32 Å². The van der Waals surface area contributed by atoms with Crippen LogP contribution in [0.25, 0.3) is 0 Å². The third-order valence-electron chi connectivity index (χ3n) is 3.11. The highest BCUT2D eigenvalue weighted by molar-refractivity contribution is 7.89. The Bertz CT molecular complexity index is 829. The summed E-state index contributed by atoms with van der Waals surface area (Å²) in [7, 11) is -3.68. The molecule has 1 amide bonds. The van der Waals surface area contributed by atoms with E-state index in [1.807, 2.05) is 0 Å². The quantitative estimate of drug-likeness (QED) is 0.739. The fourth-order valence-electron chi connectivity index (χ4n) is 2.06. The number of nitrogens with one attached hydrogen (secondary N) is 1. The summed E-state index contributed by atoms with van der Waals surface area (Å²) in [5, 5.41) is 2.60. The first-order valence-electron chi connectivity index (χ1n) is 7.06. The molecule has 0 aliphatic carbocycles. The molecular weight excluding hydrogens is 368 g/mol. The van der Waals surface area contributed by atoms with E-state index in [0.717, 1.165) is 4.88 Å². The highest BCUT2D eigenvalue weighted by Crippen LogP contribution is 2.26. The third-order valence-corrected chi connectivity index (χ3v) is 6.15. The Kier molecular flexibility index (Phi) is 6.17. The Labute approximate surface area is 150 Å². The van der Waals surface area contributed by atoms with E-state index >= 15 is 0 Å². The van der Waals surface area contributed by atoms with Crippen molar-refractivity contribution in [1.82, 2.24) is 4.31 Å². The van der Waals surface area contributed by atoms with Gasteiger partial charge in [0.2, 0.25) is 15.9 Å². The van der Waals surface area contributed by atoms with Crippen LogP contribution in [-0.2, 0) is 21.4 Å². The largest absolute Gasteiger partial charge is 0.326 e. The Morgan fingerprint density at radius 3 is 2.46 bits per heavy atom. The molecule has 2 rings (SSSR count). The predicted molar refractivity (Wildman–Crippen MR) is 97.9 cm³/mol. The van der Waals surface area contributed by atoms with Gasteiger partial charge in [-0.25, -0.2) is 8.42 Å². The number of amides is 1. The molecular formula is C16H17ClN2O3S2. The van der Waals surface area contributed by atoms with Crippen molar-refractivity contribution in [1.29, 1.82) is 0 Å². The van der Waals surface area contributed by atoms with Crippen LogP contribution < -0.4 is 5.32 Å². The van der Waals surface area contributed by atoms with E-state index in [4.69, 9.17) is 11.6 Å². The first-order valence-corrected chi connectivity index (χ1v) is 9.69. The lowest BCUT2D eigenvalue weighted by Gasteiger charge is -2.20. The number of hydrogen-bond acceptors (Lipinski definition) is 4. The van der Waals surface area contributed by atoms with Crippen LogP contribution in [0.15, 0.2) is 53.9 Å². The lowest BCUT2D eigenvalue weighted by Crippen LogP contribution is -2.30. The van der Waals surface area contributed by atoms with Gasteiger partial charge in [-0.15, -0.1) is 17.9 Å². The molecule has 0 saturated carbocycles. The fraction of sp³-hybridized carbons (Fsp3) is 0.188. The normalized spacial score (nSPS) is 11.5. The molecule has 24 heavy (non-hydrogen) atoms. The molecule has 0 aliphatic rings. The zero-order valence-electron chi connectivity index (χ0n) is 13.0. The molecule has 0 radical (unpaired) electrons. The van der Waals surface area contributed by atoms with Crippen molar-refractivity contribution in [3.63, 3.8) is 0 Å². The van der Waals surface area contributed by atoms with Crippen molar-refractivity contribution >= 4 is 44.6 Å². The molecule has 1 aromatic carbocycles. The summed E-state index contributed by atoms with van der Waals surface area (Å²) in [6, 6.07) is 9.60. The molecule has 0 saturated heterocycles. The topological polar surface area (TPSA) is 66.5 Å². The molecule has 0 fully saturated rings. The summed E-state index contributed by atoms with van der Waals surface area (Å²) in [5.74, 6) is -0.214. The number of carbonyl (C=O) groups is 1. The van der Waals surface area contributed by atoms with Gasteiger partial charge in [-0.3, -0.25) is 4.79 Å². The molecule has 1 N–H and O–H groups in total. The van der Waals surface area contributed by atoms with Crippen molar-refractivity contribution in [2.45, 2.75) is 18.4 Å². The van der Waals surface area contributed by atoms with Crippen molar-refractivity contribution < 1.29 is 13.2 Å². The van der Waals surface area contributed by atoms with E-state index < -0.39 is 10.0 Å². The summed E-state index contributed by atoms with van der Waals surface area (Å²) in [6.45, 7) is 5.42. The van der Waals surface area contributed by atoms with Crippen LogP contribution in [0.3, 0.4) is 0 Å². The number of anilines is 1. The molecule has 5 nitrogen and oxygen atoms in total. The smallest absolute Gasteiger partial charge is 0.243 e. The highest BCUT2D eigenvalue weighted by atomic mass is 35.5. The van der Waals surface area contributed by atoms with E-state index in [9.17, 15) is 13.2 Å². The molecule has 2 aromatic rings. The molecule has 0 spiro atoms. The number of hydrogen-bond donors (Lipinski definition) is 1. The van der Waals surface area contributed by atoms with Gasteiger partial charge in [0.15, 0.2) is 0 Å². The van der Waals surface area contributed by atoms with Gasteiger partial charge in [-0.05, 0) is 36.4 Å². The lowest BCUT2D eigenvalue weighted by atomic mass is 10.3. The second kappa shape index (κ2) is 7.94. The van der Waals surface area contributed by atoms with Crippen molar-refractivity contribution in [3.8, 4) is 0 Å². The van der Waals surface area contributed by atoms with Gasteiger partial charge in [-0.1, -0.05) is 17.7 Å². The van der Waals surface area contributed by atoms with Gasteiger partial charge in [0.25, 0.3) is 0 Å². The summed E-state index contributed by atoms with van der Waals surface area (Å²) in [6.07, 6.45) is 1.54. The maximum atomic E-state index is 12.8. The van der Waals surface area contributed by atoms with Gasteiger partial charge in [-0.2, -0.15) is 4.31 Å². The number of benzene rings is 1. The summed E-state index contributed by atoms with van der Waals surface area (Å²) < 4.78 is 27.6. The van der Waals surface area contributed by atoms with Crippen LogP contribution in [0.1, 0.15) is 11.8 Å². The number of thiophene rings is 1. The Morgan fingerprint density at radius 2 is 1.96 bits per heavy atom. The molecule has 0 aliphatic heterocycles. The number of rotatable bonds is 7. The molecule has 1 aromatic heterocycles. The Balaban J connectivity index is 2.26. The van der Waals surface area contributed by atoms with Gasteiger partial charge >= 0.3 is 0 Å². The van der Waals surface area contributed by atoms with Crippen LogP contribution >= 0.6 is 22.9 Å². The molecule has 0 bridgehead atoms. The molecule has 0 atom stereocenters. The predicted octanol–water partition coefficient (Wildman–Crippen LogP) is 3.74. The van der Waals surface area contributed by atoms with Gasteiger partial charge in [0.05, 0.1) is 9.23 Å². The minimum atomic E-state index is -3.68. The minimum Gasteiger partial charge on any atom is -0.326 e. The van der Waals surface area contributed by atoms with Crippen LogP contribution in [0, 0.1) is 0 Å². The second-order valence-electron chi connectivity index (χ2n) is 5.00. The number of halogens is 1. The van der Waals surface area contributed by atoms with Crippen LogP contribution in [0.2, 0.25) is 4.34 Å². The highest BCUT2D eigenvalue weighted by Gasteiger charge is 2.24. The summed E-state index contributed by atoms with van der Waals surface area (Å²) >= 11 is 7.25. The lowest BCUT2D eigenvalue weighted by molar-refractivity contribution is -0.114. The zero-order valence-corrected chi connectivity index (χ0v) is 15.4. The zero-order chi connectivity index (χ0) is 17.7. The summed E-state index contributed by atoms with van der Waals surface area (Å²) in [4.78, 5) is 12.0.